The van der Waals surface area contributed by atoms with Gasteiger partial charge in [0.15, 0.2) is 5.66 Å². The highest BCUT2D eigenvalue weighted by Crippen LogP contribution is 2.56. The second-order valence-corrected chi connectivity index (χ2v) is 8.21. The second-order valence-electron chi connectivity index (χ2n) is 5.99. The van der Waals surface area contributed by atoms with Gasteiger partial charge in [0.25, 0.3) is 0 Å². The van der Waals surface area contributed by atoms with Crippen molar-refractivity contribution in [2.24, 2.45) is 11.3 Å². The molecule has 0 aliphatic heterocycles. The van der Waals surface area contributed by atoms with Gasteiger partial charge in [0.2, 0.25) is 0 Å². The van der Waals surface area contributed by atoms with E-state index in [4.69, 9.17) is 13.8 Å². The fraction of sp³-hybridized carbons (Fsp3) is 0.867. The Labute approximate surface area is 133 Å². The molecule has 22 heavy (non-hydrogen) atoms. The van der Waals surface area contributed by atoms with E-state index in [0.717, 1.165) is 6.29 Å². The molecule has 6 nitrogen and oxygen atoms in total. The number of hydrogen-bond acceptors (Lipinski definition) is 6. The highest BCUT2D eigenvalue weighted by atomic mass is 31.2. The number of rotatable bonds is 10. The fourth-order valence-corrected chi connectivity index (χ4v) is 4.00. The molecule has 7 heteroatoms. The van der Waals surface area contributed by atoms with E-state index in [9.17, 15) is 14.2 Å². The first-order chi connectivity index (χ1) is 10.2. The molecule has 0 rings (SSSR count). The zero-order chi connectivity index (χ0) is 17.4. The predicted octanol–water partition coefficient (Wildman–Crippen LogP) is 3.44. The van der Waals surface area contributed by atoms with E-state index in [-0.39, 0.29) is 31.7 Å². The summed E-state index contributed by atoms with van der Waals surface area (Å²) in [6, 6.07) is 0. The third-order valence-electron chi connectivity index (χ3n) is 3.31. The van der Waals surface area contributed by atoms with Crippen LogP contribution in [0.1, 0.15) is 48.0 Å². The van der Waals surface area contributed by atoms with Gasteiger partial charge in [-0.15, -0.1) is 0 Å². The van der Waals surface area contributed by atoms with Crippen molar-refractivity contribution in [3.05, 3.63) is 0 Å². The summed E-state index contributed by atoms with van der Waals surface area (Å²) in [7, 11) is -3.69. The molecule has 0 aromatic heterocycles. The summed E-state index contributed by atoms with van der Waals surface area (Å²) in [5.74, 6) is -1.11. The van der Waals surface area contributed by atoms with Gasteiger partial charge in [-0.2, -0.15) is 0 Å². The number of aldehydes is 1. The van der Waals surface area contributed by atoms with Gasteiger partial charge in [0, 0.05) is 5.92 Å². The average molecular weight is 336 g/mol. The average Bonchev–Trinajstić information content (AvgIpc) is 2.38. The molecule has 1 unspecified atom stereocenters. The third kappa shape index (κ3) is 6.19. The molecular weight excluding hydrogens is 307 g/mol. The maximum Gasteiger partial charge on any atom is 0.344 e. The van der Waals surface area contributed by atoms with E-state index in [1.54, 1.807) is 20.8 Å². The number of esters is 1. The minimum Gasteiger partial charge on any atom is -0.465 e. The Morgan fingerprint density at radius 1 is 1.09 bits per heavy atom. The Morgan fingerprint density at radius 3 is 1.91 bits per heavy atom. The van der Waals surface area contributed by atoms with Gasteiger partial charge < -0.3 is 18.6 Å². The van der Waals surface area contributed by atoms with Crippen molar-refractivity contribution >= 4 is 19.9 Å². The summed E-state index contributed by atoms with van der Waals surface area (Å²) in [5, 5.41) is 0. The lowest BCUT2D eigenvalue weighted by Gasteiger charge is -2.31. The minimum atomic E-state index is -3.69. The summed E-state index contributed by atoms with van der Waals surface area (Å²) >= 11 is 0. The lowest BCUT2D eigenvalue weighted by Crippen LogP contribution is -2.33. The smallest absolute Gasteiger partial charge is 0.344 e. The Balaban J connectivity index is 5.56. The van der Waals surface area contributed by atoms with Gasteiger partial charge in [0.1, 0.15) is 6.29 Å². The van der Waals surface area contributed by atoms with Crippen LogP contribution in [0.5, 0.6) is 0 Å². The highest BCUT2D eigenvalue weighted by molar-refractivity contribution is 7.55. The highest BCUT2D eigenvalue weighted by Gasteiger charge is 2.45. The summed E-state index contributed by atoms with van der Waals surface area (Å²) in [6.07, 6.45) is 0.859. The monoisotopic (exact) mass is 336 g/mol. The van der Waals surface area contributed by atoms with Crippen molar-refractivity contribution in [2.75, 3.05) is 19.8 Å². The fourth-order valence-electron chi connectivity index (χ4n) is 2.02. The van der Waals surface area contributed by atoms with Crippen LogP contribution in [0.25, 0.3) is 0 Å². The first kappa shape index (κ1) is 21.3. The van der Waals surface area contributed by atoms with Crippen molar-refractivity contribution < 1.29 is 27.9 Å². The molecule has 0 saturated carbocycles. The molecule has 0 aliphatic rings. The van der Waals surface area contributed by atoms with Crippen LogP contribution >= 0.6 is 7.60 Å². The van der Waals surface area contributed by atoms with E-state index in [1.807, 2.05) is 20.8 Å². The van der Waals surface area contributed by atoms with Gasteiger partial charge in [-0.05, 0) is 32.6 Å². The molecular formula is C15H29O6P. The lowest BCUT2D eigenvalue weighted by molar-refractivity contribution is -0.143. The second kappa shape index (κ2) is 9.43. The first-order valence-corrected chi connectivity index (χ1v) is 9.28. The number of carbonyl (C=O) groups excluding carboxylic acids is 2. The molecule has 0 amide bonds. The lowest BCUT2D eigenvalue weighted by atomic mass is 9.79. The predicted molar refractivity (Wildman–Crippen MR) is 84.9 cm³/mol. The molecule has 0 fully saturated rings. The largest absolute Gasteiger partial charge is 0.465 e. The van der Waals surface area contributed by atoms with Crippen LogP contribution in [0.15, 0.2) is 0 Å². The molecule has 130 valence electrons. The molecule has 0 heterocycles. The molecule has 0 N–H and O–H groups in total. The summed E-state index contributed by atoms with van der Waals surface area (Å²) in [4.78, 5) is 23.6. The maximum atomic E-state index is 12.9. The van der Waals surface area contributed by atoms with Gasteiger partial charge in [-0.1, -0.05) is 20.8 Å². The normalized spacial score (nSPS) is 15.2. The Hall–Kier alpha value is -0.710. The van der Waals surface area contributed by atoms with Crippen molar-refractivity contribution in [1.82, 2.24) is 0 Å². The van der Waals surface area contributed by atoms with Gasteiger partial charge in [0.05, 0.1) is 19.8 Å². The minimum absolute atomic E-state index is 0.0725. The molecule has 0 aliphatic carbocycles. The van der Waals surface area contributed by atoms with Crippen LogP contribution in [-0.4, -0.2) is 37.7 Å². The van der Waals surface area contributed by atoms with Crippen LogP contribution in [-0.2, 0) is 27.9 Å². The molecule has 0 saturated heterocycles. The Kier molecular flexibility index (Phi) is 9.13. The Morgan fingerprint density at radius 2 is 1.59 bits per heavy atom. The molecule has 0 spiro atoms. The van der Waals surface area contributed by atoms with Crippen LogP contribution in [0.4, 0.5) is 0 Å². The summed E-state index contributed by atoms with van der Waals surface area (Å²) in [6.45, 7) is 11.1. The third-order valence-corrected chi connectivity index (χ3v) is 5.73. The van der Waals surface area contributed by atoms with E-state index in [2.05, 4.69) is 0 Å². The SMILES string of the molecule is CCOC(=O)C(C[C@H](C=O)C(C)(C)C)P(=O)(OCC)OCC. The van der Waals surface area contributed by atoms with E-state index in [0.29, 0.717) is 0 Å². The number of hydrogen-bond donors (Lipinski definition) is 0. The maximum absolute atomic E-state index is 12.9. The van der Waals surface area contributed by atoms with E-state index in [1.165, 1.54) is 0 Å². The number of ether oxygens (including phenoxy) is 1. The molecule has 0 radical (unpaired) electrons. The van der Waals surface area contributed by atoms with Crippen LogP contribution in [0.2, 0.25) is 0 Å². The molecule has 0 bridgehead atoms. The molecule has 0 aromatic rings. The van der Waals surface area contributed by atoms with Gasteiger partial charge in [-0.25, -0.2) is 0 Å². The summed E-state index contributed by atoms with van der Waals surface area (Å²) in [5.41, 5.74) is -1.46. The topological polar surface area (TPSA) is 78.9 Å². The van der Waals surface area contributed by atoms with Crippen molar-refractivity contribution in [3.63, 3.8) is 0 Å². The summed E-state index contributed by atoms with van der Waals surface area (Å²) < 4.78 is 28.5. The molecule has 0 aromatic carbocycles. The first-order valence-electron chi connectivity index (χ1n) is 7.66. The van der Waals surface area contributed by atoms with Crippen LogP contribution in [0.3, 0.4) is 0 Å². The van der Waals surface area contributed by atoms with Crippen molar-refractivity contribution in [1.29, 1.82) is 0 Å². The zero-order valence-electron chi connectivity index (χ0n) is 14.5. The molecule has 2 atom stereocenters. The van der Waals surface area contributed by atoms with E-state index < -0.39 is 25.1 Å². The van der Waals surface area contributed by atoms with Gasteiger partial charge in [-0.3, -0.25) is 9.36 Å². The van der Waals surface area contributed by atoms with Crippen LogP contribution in [0, 0.1) is 11.3 Å². The van der Waals surface area contributed by atoms with Gasteiger partial charge >= 0.3 is 13.6 Å². The Bertz CT molecular complexity index is 391. The zero-order valence-corrected chi connectivity index (χ0v) is 15.4. The standard InChI is InChI=1S/C15H29O6P/c1-7-19-14(17)13(10-12(11-16)15(4,5)6)22(18,20-8-2)21-9-3/h11-13H,7-10H2,1-6H3/t12-,13?/m1/s1. The number of carbonyl (C=O) groups is 2. The van der Waals surface area contributed by atoms with E-state index >= 15 is 0 Å². The quantitative estimate of drug-likeness (QED) is 0.345. The van der Waals surface area contributed by atoms with Crippen molar-refractivity contribution in [2.45, 2.75) is 53.6 Å². The van der Waals surface area contributed by atoms with Crippen LogP contribution < -0.4 is 0 Å². The van der Waals surface area contributed by atoms with Crippen molar-refractivity contribution in [3.8, 4) is 0 Å².